The van der Waals surface area contributed by atoms with Gasteiger partial charge < -0.3 is 10.3 Å². The predicted molar refractivity (Wildman–Crippen MR) is 119 cm³/mol. The van der Waals surface area contributed by atoms with Crippen LogP contribution in [0, 0.1) is 10.1 Å². The molecular weight excluding hydrogens is 378 g/mol. The highest BCUT2D eigenvalue weighted by atomic mass is 16.5. The lowest BCUT2D eigenvalue weighted by molar-refractivity contribution is -0.543. The number of nitrogens with zero attached hydrogens (tertiary/aromatic N) is 5. The summed E-state index contributed by atoms with van der Waals surface area (Å²) in [5.74, 6) is 0.666. The number of hydroxylamine groups is 1. The highest BCUT2D eigenvalue weighted by molar-refractivity contribution is 5.63. The van der Waals surface area contributed by atoms with Crippen LogP contribution in [-0.4, -0.2) is 30.8 Å². The molecule has 7 heteroatoms. The van der Waals surface area contributed by atoms with Gasteiger partial charge in [0.1, 0.15) is 17.1 Å². The number of anilines is 1. The van der Waals surface area contributed by atoms with Gasteiger partial charge in [0.25, 0.3) is 0 Å². The third-order valence-electron chi connectivity index (χ3n) is 4.38. The Labute approximate surface area is 177 Å². The van der Waals surface area contributed by atoms with E-state index >= 15 is 0 Å². The van der Waals surface area contributed by atoms with Crippen LogP contribution in [0.4, 0.5) is 11.6 Å². The molecule has 156 valence electrons. The summed E-state index contributed by atoms with van der Waals surface area (Å²) < 4.78 is 0.890. The van der Waals surface area contributed by atoms with Crippen molar-refractivity contribution in [1.29, 1.82) is 0 Å². The zero-order valence-electron chi connectivity index (χ0n) is 18.2. The van der Waals surface area contributed by atoms with Crippen LogP contribution in [0.1, 0.15) is 41.5 Å². The van der Waals surface area contributed by atoms with E-state index in [2.05, 4.69) is 15.0 Å². The molecule has 0 saturated heterocycles. The first-order valence-corrected chi connectivity index (χ1v) is 9.83. The van der Waals surface area contributed by atoms with Gasteiger partial charge in [-0.2, -0.15) is 0 Å². The molecular formula is C23H27N5O2. The van der Waals surface area contributed by atoms with Crippen LogP contribution in [0.5, 0.6) is 0 Å². The van der Waals surface area contributed by atoms with E-state index in [0.29, 0.717) is 34.4 Å². The third kappa shape index (κ3) is 4.68. The SMILES string of the molecule is CC(C)(C)N([O-])c1cccc(-c2cccc(-c3cccc([N+](=O)C(C)(C)C)n3)n2)n1. The average Bonchev–Trinajstić information content (AvgIpc) is 2.71. The minimum absolute atomic E-state index is 0.333. The zero-order chi connectivity index (χ0) is 22.1. The van der Waals surface area contributed by atoms with Crippen molar-refractivity contribution in [1.82, 2.24) is 15.0 Å². The Balaban J connectivity index is 1.98. The molecule has 3 aromatic rings. The molecule has 0 fully saturated rings. The van der Waals surface area contributed by atoms with E-state index in [9.17, 15) is 10.1 Å². The summed E-state index contributed by atoms with van der Waals surface area (Å²) in [5, 5.41) is 13.4. The molecule has 0 N–H and O–H groups in total. The van der Waals surface area contributed by atoms with Crippen molar-refractivity contribution in [2.24, 2.45) is 0 Å². The van der Waals surface area contributed by atoms with Crippen molar-refractivity contribution in [3.63, 3.8) is 0 Å². The summed E-state index contributed by atoms with van der Waals surface area (Å²) in [6, 6.07) is 16.1. The van der Waals surface area contributed by atoms with E-state index in [1.165, 1.54) is 0 Å². The Morgan fingerprint density at radius 1 is 0.733 bits per heavy atom. The Bertz CT molecular complexity index is 1070. The van der Waals surface area contributed by atoms with Crippen molar-refractivity contribution in [2.75, 3.05) is 5.06 Å². The minimum Gasteiger partial charge on any atom is -0.757 e. The molecule has 0 aromatic carbocycles. The lowest BCUT2D eigenvalue weighted by Gasteiger charge is -2.42. The predicted octanol–water partition coefficient (Wildman–Crippen LogP) is 5.52. The molecule has 0 bridgehead atoms. The summed E-state index contributed by atoms with van der Waals surface area (Å²) >= 11 is 0. The summed E-state index contributed by atoms with van der Waals surface area (Å²) in [6.07, 6.45) is 0. The van der Waals surface area contributed by atoms with Gasteiger partial charge in [0.2, 0.25) is 5.69 Å². The van der Waals surface area contributed by atoms with Crippen molar-refractivity contribution in [3.05, 3.63) is 64.7 Å². The van der Waals surface area contributed by atoms with Crippen LogP contribution >= 0.6 is 0 Å². The molecule has 0 amide bonds. The van der Waals surface area contributed by atoms with Gasteiger partial charge in [-0.25, -0.2) is 9.97 Å². The highest BCUT2D eigenvalue weighted by Crippen LogP contribution is 2.26. The largest absolute Gasteiger partial charge is 0.757 e. The topological polar surface area (TPSA) is 85.0 Å². The van der Waals surface area contributed by atoms with Gasteiger partial charge in [-0.05, 0) is 87.7 Å². The second-order valence-corrected chi connectivity index (χ2v) is 9.10. The van der Waals surface area contributed by atoms with Gasteiger partial charge in [0.05, 0.1) is 11.4 Å². The first kappa shape index (κ1) is 21.5. The third-order valence-corrected chi connectivity index (χ3v) is 4.38. The Morgan fingerprint density at radius 2 is 1.20 bits per heavy atom. The quantitative estimate of drug-likeness (QED) is 0.420. The van der Waals surface area contributed by atoms with Gasteiger partial charge in [0, 0.05) is 11.6 Å². The van der Waals surface area contributed by atoms with E-state index < -0.39 is 11.1 Å². The molecule has 0 aliphatic heterocycles. The van der Waals surface area contributed by atoms with E-state index in [0.717, 1.165) is 9.82 Å². The number of rotatable bonds is 4. The lowest BCUT2D eigenvalue weighted by atomic mass is 10.1. The molecule has 0 saturated carbocycles. The highest BCUT2D eigenvalue weighted by Gasteiger charge is 2.29. The van der Waals surface area contributed by atoms with Crippen LogP contribution in [-0.2, 0) is 0 Å². The van der Waals surface area contributed by atoms with Gasteiger partial charge >= 0.3 is 5.82 Å². The molecule has 0 radical (unpaired) electrons. The van der Waals surface area contributed by atoms with E-state index in [1.807, 2.05) is 71.9 Å². The number of hydrogen-bond acceptors (Lipinski definition) is 6. The number of hydrogen-bond donors (Lipinski definition) is 0. The van der Waals surface area contributed by atoms with E-state index in [4.69, 9.17) is 0 Å². The lowest BCUT2D eigenvalue weighted by Crippen LogP contribution is -2.37. The normalized spacial score (nSPS) is 12.0. The van der Waals surface area contributed by atoms with Gasteiger partial charge in [-0.1, -0.05) is 17.0 Å². The van der Waals surface area contributed by atoms with Crippen molar-refractivity contribution in [2.45, 2.75) is 52.6 Å². The average molecular weight is 406 g/mol. The smallest absolute Gasteiger partial charge is 0.362 e. The van der Waals surface area contributed by atoms with Crippen LogP contribution in [0.15, 0.2) is 54.6 Å². The maximum Gasteiger partial charge on any atom is 0.362 e. The summed E-state index contributed by atoms with van der Waals surface area (Å²) in [6.45, 7) is 11.0. The second kappa shape index (κ2) is 7.91. The fourth-order valence-electron chi connectivity index (χ4n) is 2.77. The molecule has 0 atom stereocenters. The standard InChI is InChI=1S/C23H27N5O2/c1-22(2,3)27(29)20-14-8-12-18(25-20)16-10-7-11-17(24-16)19-13-9-15-21(26-19)28(30)23(4,5)6/h7-15H,1-6H3. The Hall–Kier alpha value is -3.19. The van der Waals surface area contributed by atoms with Crippen LogP contribution in [0.3, 0.4) is 0 Å². The molecule has 30 heavy (non-hydrogen) atoms. The monoisotopic (exact) mass is 405 g/mol. The van der Waals surface area contributed by atoms with Crippen molar-refractivity contribution in [3.8, 4) is 22.8 Å². The van der Waals surface area contributed by atoms with E-state index in [-0.39, 0.29) is 0 Å². The van der Waals surface area contributed by atoms with E-state index in [1.54, 1.807) is 24.3 Å². The van der Waals surface area contributed by atoms with Crippen LogP contribution < -0.4 is 5.06 Å². The fourth-order valence-corrected chi connectivity index (χ4v) is 2.77. The second-order valence-electron chi connectivity index (χ2n) is 9.10. The number of aromatic nitrogens is 3. The minimum atomic E-state index is -0.595. The molecule has 0 unspecified atom stereocenters. The number of nitroso groups, excluding NO2 is 1. The Morgan fingerprint density at radius 3 is 1.73 bits per heavy atom. The molecule has 3 aromatic heterocycles. The summed E-state index contributed by atoms with van der Waals surface area (Å²) in [4.78, 5) is 26.2. The molecule has 0 spiro atoms. The van der Waals surface area contributed by atoms with Gasteiger partial charge in [-0.15, -0.1) is 0 Å². The van der Waals surface area contributed by atoms with Crippen LogP contribution in [0.2, 0.25) is 0 Å². The molecule has 3 rings (SSSR count). The molecule has 7 nitrogen and oxygen atoms in total. The summed E-state index contributed by atoms with van der Waals surface area (Å²) in [5.41, 5.74) is 1.24. The zero-order valence-corrected chi connectivity index (χ0v) is 18.2. The number of pyridine rings is 3. The Kier molecular flexibility index (Phi) is 5.67. The van der Waals surface area contributed by atoms with Crippen molar-refractivity contribution >= 4 is 11.6 Å². The fraction of sp³-hybridized carbons (Fsp3) is 0.348. The maximum absolute atomic E-state index is 12.5. The molecule has 3 heterocycles. The van der Waals surface area contributed by atoms with Crippen molar-refractivity contribution < 1.29 is 4.76 Å². The van der Waals surface area contributed by atoms with Crippen LogP contribution in [0.25, 0.3) is 22.8 Å². The first-order chi connectivity index (χ1) is 14.0. The maximum atomic E-state index is 12.5. The van der Waals surface area contributed by atoms with Gasteiger partial charge in [-0.3, -0.25) is 0 Å². The molecule has 0 aliphatic rings. The first-order valence-electron chi connectivity index (χ1n) is 9.83. The summed E-state index contributed by atoms with van der Waals surface area (Å²) in [7, 11) is 0. The van der Waals surface area contributed by atoms with Gasteiger partial charge in [0.15, 0.2) is 0 Å². The molecule has 0 aliphatic carbocycles.